The van der Waals surface area contributed by atoms with E-state index in [9.17, 15) is 18.0 Å². The van der Waals surface area contributed by atoms with Crippen LogP contribution in [0.5, 0.6) is 0 Å². The Balaban J connectivity index is 1.93. The molecule has 1 aliphatic heterocycles. The van der Waals surface area contributed by atoms with Crippen LogP contribution in [0.15, 0.2) is 36.4 Å². The van der Waals surface area contributed by atoms with E-state index in [2.05, 4.69) is 20.9 Å². The smallest absolute Gasteiger partial charge is 0.345 e. The maximum Gasteiger partial charge on any atom is 0.416 e. The molecule has 1 aromatic carbocycles. The average Bonchev–Trinajstić information content (AvgIpc) is 3.17. The van der Waals surface area contributed by atoms with E-state index in [1.54, 1.807) is 16.7 Å². The van der Waals surface area contributed by atoms with Crippen LogP contribution >= 0.6 is 15.9 Å². The first-order valence-electron chi connectivity index (χ1n) is 9.97. The molecular weight excluding hydrogens is 459 g/mol. The second-order valence-electron chi connectivity index (χ2n) is 7.58. The molecule has 1 saturated heterocycles. The first kappa shape index (κ1) is 22.6. The third-order valence-electron chi connectivity index (χ3n) is 5.19. The number of amides is 1. The molecule has 30 heavy (non-hydrogen) atoms. The number of halogens is 4. The summed E-state index contributed by atoms with van der Waals surface area (Å²) < 4.78 is 39.9. The molecular formula is C22H25BrF3N3O. The van der Waals surface area contributed by atoms with Crippen molar-refractivity contribution >= 4 is 33.3 Å². The Bertz CT molecular complexity index is 903. The molecule has 1 aliphatic rings. The quantitative estimate of drug-likeness (QED) is 0.508. The second-order valence-corrected chi connectivity index (χ2v) is 8.37. The number of aryl methyl sites for hydroxylation is 2. The summed E-state index contributed by atoms with van der Waals surface area (Å²) >= 11 is 3.42. The minimum absolute atomic E-state index is 0.101. The fraction of sp³-hybridized carbons (Fsp3) is 0.455. The molecule has 1 atom stereocenters. The van der Waals surface area contributed by atoms with E-state index in [1.807, 2.05) is 31.2 Å². The number of alkyl halides is 4. The predicted molar refractivity (Wildman–Crippen MR) is 116 cm³/mol. The SMILES string of the molecule is Cc1cccc(N(CCCBr)C(=O)[C@@H]2CCCN2c2cc(C(F)(F)F)cc(C)n2)c1. The lowest BCUT2D eigenvalue weighted by Crippen LogP contribution is -2.47. The number of nitrogens with zero attached hydrogens (tertiary/aromatic N) is 3. The first-order valence-corrected chi connectivity index (χ1v) is 11.1. The topological polar surface area (TPSA) is 36.4 Å². The fourth-order valence-electron chi connectivity index (χ4n) is 3.82. The Kier molecular flexibility index (Phi) is 7.06. The van der Waals surface area contributed by atoms with Crippen LogP contribution in [0.2, 0.25) is 0 Å². The lowest BCUT2D eigenvalue weighted by atomic mass is 10.1. The number of rotatable bonds is 6. The van der Waals surface area contributed by atoms with Gasteiger partial charge in [0, 0.05) is 29.8 Å². The van der Waals surface area contributed by atoms with Gasteiger partial charge in [-0.2, -0.15) is 13.2 Å². The van der Waals surface area contributed by atoms with Gasteiger partial charge in [-0.1, -0.05) is 28.1 Å². The Morgan fingerprint density at radius 2 is 2.03 bits per heavy atom. The van der Waals surface area contributed by atoms with Gasteiger partial charge < -0.3 is 9.80 Å². The van der Waals surface area contributed by atoms with Crippen molar-refractivity contribution in [2.45, 2.75) is 45.3 Å². The highest BCUT2D eigenvalue weighted by atomic mass is 79.9. The van der Waals surface area contributed by atoms with E-state index in [4.69, 9.17) is 0 Å². The molecule has 0 aliphatic carbocycles. The zero-order chi connectivity index (χ0) is 21.9. The van der Waals surface area contributed by atoms with Crippen LogP contribution in [0.4, 0.5) is 24.7 Å². The number of pyridine rings is 1. The van der Waals surface area contributed by atoms with Crippen LogP contribution in [0.3, 0.4) is 0 Å². The molecule has 0 N–H and O–H groups in total. The van der Waals surface area contributed by atoms with E-state index >= 15 is 0 Å². The van der Waals surface area contributed by atoms with Crippen molar-refractivity contribution in [1.29, 1.82) is 0 Å². The summed E-state index contributed by atoms with van der Waals surface area (Å²) in [5.74, 6) is 0.110. The van der Waals surface area contributed by atoms with E-state index < -0.39 is 17.8 Å². The average molecular weight is 484 g/mol. The largest absolute Gasteiger partial charge is 0.416 e. The molecule has 0 spiro atoms. The van der Waals surface area contributed by atoms with Crippen molar-refractivity contribution in [2.75, 3.05) is 28.2 Å². The Hall–Kier alpha value is -2.09. The monoisotopic (exact) mass is 483 g/mol. The second kappa shape index (κ2) is 9.37. The normalized spacial score (nSPS) is 16.7. The molecule has 2 heterocycles. The summed E-state index contributed by atoms with van der Waals surface area (Å²) in [5.41, 5.74) is 1.40. The number of carbonyl (C=O) groups is 1. The third-order valence-corrected chi connectivity index (χ3v) is 5.75. The Morgan fingerprint density at radius 1 is 1.27 bits per heavy atom. The Morgan fingerprint density at radius 3 is 2.70 bits per heavy atom. The highest BCUT2D eigenvalue weighted by Crippen LogP contribution is 2.34. The van der Waals surface area contributed by atoms with Crippen LogP contribution in [-0.4, -0.2) is 35.4 Å². The number of benzene rings is 1. The van der Waals surface area contributed by atoms with Gasteiger partial charge in [0.1, 0.15) is 11.9 Å². The van der Waals surface area contributed by atoms with Gasteiger partial charge >= 0.3 is 6.18 Å². The van der Waals surface area contributed by atoms with E-state index in [0.717, 1.165) is 41.6 Å². The predicted octanol–water partition coefficient (Wildman–Crippen LogP) is 5.50. The molecule has 0 radical (unpaired) electrons. The van der Waals surface area contributed by atoms with Gasteiger partial charge in [0.2, 0.25) is 5.91 Å². The number of aromatic nitrogens is 1. The molecule has 0 saturated carbocycles. The molecule has 162 valence electrons. The van der Waals surface area contributed by atoms with Crippen LogP contribution in [0, 0.1) is 13.8 Å². The lowest BCUT2D eigenvalue weighted by molar-refractivity contribution is -0.137. The highest BCUT2D eigenvalue weighted by molar-refractivity contribution is 9.09. The minimum atomic E-state index is -4.45. The van der Waals surface area contributed by atoms with Crippen molar-refractivity contribution in [3.8, 4) is 0 Å². The van der Waals surface area contributed by atoms with Crippen molar-refractivity contribution in [2.24, 2.45) is 0 Å². The summed E-state index contributed by atoms with van der Waals surface area (Å²) in [4.78, 5) is 21.3. The molecule has 1 fully saturated rings. The summed E-state index contributed by atoms with van der Waals surface area (Å²) in [6.45, 7) is 4.55. The van der Waals surface area contributed by atoms with E-state index in [-0.39, 0.29) is 17.4 Å². The zero-order valence-electron chi connectivity index (χ0n) is 17.0. The summed E-state index contributed by atoms with van der Waals surface area (Å²) in [7, 11) is 0. The van der Waals surface area contributed by atoms with Crippen LogP contribution in [0.25, 0.3) is 0 Å². The van der Waals surface area contributed by atoms with E-state index in [1.165, 1.54) is 0 Å². The van der Waals surface area contributed by atoms with Crippen molar-refractivity contribution in [3.63, 3.8) is 0 Å². The van der Waals surface area contributed by atoms with Crippen molar-refractivity contribution < 1.29 is 18.0 Å². The summed E-state index contributed by atoms with van der Waals surface area (Å²) in [6.07, 6.45) is -2.36. The van der Waals surface area contributed by atoms with Gasteiger partial charge in [-0.15, -0.1) is 0 Å². The summed E-state index contributed by atoms with van der Waals surface area (Å²) in [5, 5.41) is 0.755. The molecule has 1 aromatic heterocycles. The molecule has 0 unspecified atom stereocenters. The van der Waals surface area contributed by atoms with Gasteiger partial charge in [-0.3, -0.25) is 4.79 Å². The first-order chi connectivity index (χ1) is 14.2. The van der Waals surface area contributed by atoms with Gasteiger partial charge in [0.25, 0.3) is 0 Å². The molecule has 0 bridgehead atoms. The lowest BCUT2D eigenvalue weighted by Gasteiger charge is -2.31. The van der Waals surface area contributed by atoms with Crippen LogP contribution in [0.1, 0.15) is 36.1 Å². The van der Waals surface area contributed by atoms with Crippen LogP contribution in [-0.2, 0) is 11.0 Å². The van der Waals surface area contributed by atoms with Gasteiger partial charge in [-0.25, -0.2) is 4.98 Å². The fourth-order valence-corrected chi connectivity index (χ4v) is 4.07. The number of anilines is 2. The van der Waals surface area contributed by atoms with Crippen molar-refractivity contribution in [1.82, 2.24) is 4.98 Å². The van der Waals surface area contributed by atoms with Gasteiger partial charge in [-0.05, 0) is 62.9 Å². The minimum Gasteiger partial charge on any atom is -0.345 e. The number of carbonyl (C=O) groups excluding carboxylic acids is 1. The molecule has 2 aromatic rings. The summed E-state index contributed by atoms with van der Waals surface area (Å²) in [6, 6.07) is 9.27. The zero-order valence-corrected chi connectivity index (χ0v) is 18.6. The van der Waals surface area contributed by atoms with E-state index in [0.29, 0.717) is 19.5 Å². The maximum absolute atomic E-state index is 13.5. The number of hydrogen-bond acceptors (Lipinski definition) is 3. The molecule has 4 nitrogen and oxygen atoms in total. The standard InChI is InChI=1S/C22H25BrF3N3O/c1-15-6-3-7-18(12-15)28(11-5-9-23)21(30)19-8-4-10-29(19)20-14-17(22(24,25)26)13-16(2)27-20/h3,6-7,12-14,19H,4-5,8-11H2,1-2H3/t19-/m0/s1. The molecule has 8 heteroatoms. The molecule has 3 rings (SSSR count). The Labute approximate surface area is 183 Å². The van der Waals surface area contributed by atoms with Crippen LogP contribution < -0.4 is 9.80 Å². The van der Waals surface area contributed by atoms with Crippen molar-refractivity contribution in [3.05, 3.63) is 53.2 Å². The third kappa shape index (κ3) is 5.14. The number of hydrogen-bond donors (Lipinski definition) is 0. The highest BCUT2D eigenvalue weighted by Gasteiger charge is 2.37. The van der Waals surface area contributed by atoms with Gasteiger partial charge in [0.15, 0.2) is 0 Å². The maximum atomic E-state index is 13.5. The molecule has 1 amide bonds. The van der Waals surface area contributed by atoms with Gasteiger partial charge in [0.05, 0.1) is 5.56 Å².